The van der Waals surface area contributed by atoms with Gasteiger partial charge in [-0.1, -0.05) is 24.3 Å². The van der Waals surface area contributed by atoms with Crippen molar-refractivity contribution in [2.24, 2.45) is 0 Å². The summed E-state index contributed by atoms with van der Waals surface area (Å²) in [5.74, 6) is 1.71. The van der Waals surface area contributed by atoms with Gasteiger partial charge in [-0.2, -0.15) is 0 Å². The molecule has 0 saturated carbocycles. The number of hydrogen-bond acceptors (Lipinski definition) is 3. The van der Waals surface area contributed by atoms with Crippen LogP contribution in [0, 0.1) is 0 Å². The van der Waals surface area contributed by atoms with Crippen LogP contribution in [0.1, 0.15) is 23.7 Å². The van der Waals surface area contributed by atoms with E-state index in [0.29, 0.717) is 17.9 Å². The number of nitrogens with zero attached hydrogens (tertiary/aromatic N) is 1. The molecule has 1 heterocycles. The average molecular weight is 313 g/mol. The summed E-state index contributed by atoms with van der Waals surface area (Å²) in [5.41, 5.74) is 1.63. The molecule has 114 valence electrons. The predicted octanol–water partition coefficient (Wildman–Crippen LogP) is 4.23. The molecule has 0 radical (unpaired) electrons. The van der Waals surface area contributed by atoms with Crippen molar-refractivity contribution in [2.75, 3.05) is 23.8 Å². The van der Waals surface area contributed by atoms with Crippen molar-refractivity contribution in [3.05, 3.63) is 54.1 Å². The molecule has 3 nitrogen and oxygen atoms in total. The number of benzene rings is 2. The van der Waals surface area contributed by atoms with Gasteiger partial charge in [-0.05, 0) is 43.4 Å². The molecule has 0 spiro atoms. The number of ether oxygens (including phenoxy) is 1. The number of thioether (sulfide) groups is 1. The lowest BCUT2D eigenvalue weighted by atomic mass is 10.1. The van der Waals surface area contributed by atoms with Crippen molar-refractivity contribution in [1.29, 1.82) is 0 Å². The summed E-state index contributed by atoms with van der Waals surface area (Å²) >= 11 is 1.82. The van der Waals surface area contributed by atoms with Gasteiger partial charge in [0.25, 0.3) is 5.91 Å². The van der Waals surface area contributed by atoms with Gasteiger partial charge in [-0.15, -0.1) is 11.8 Å². The molecule has 4 heteroatoms. The summed E-state index contributed by atoms with van der Waals surface area (Å²) in [6.07, 6.45) is 0.988. The van der Waals surface area contributed by atoms with Crippen molar-refractivity contribution in [3.63, 3.8) is 0 Å². The second kappa shape index (κ2) is 6.88. The van der Waals surface area contributed by atoms with Crippen molar-refractivity contribution in [1.82, 2.24) is 0 Å². The number of para-hydroxylation sites is 2. The zero-order chi connectivity index (χ0) is 15.4. The maximum absolute atomic E-state index is 13.0. The lowest BCUT2D eigenvalue weighted by molar-refractivity contribution is 0.0983. The SMILES string of the molecule is CCOc1ccccc1C(=O)N1CCCSc2ccccc21. The molecule has 1 amide bonds. The predicted molar refractivity (Wildman–Crippen MR) is 91.1 cm³/mol. The van der Waals surface area contributed by atoms with Crippen LogP contribution in [-0.4, -0.2) is 24.8 Å². The Hall–Kier alpha value is -1.94. The Morgan fingerprint density at radius 2 is 1.95 bits per heavy atom. The fourth-order valence-corrected chi connectivity index (χ4v) is 3.60. The van der Waals surface area contributed by atoms with Crippen LogP contribution in [0.3, 0.4) is 0 Å². The summed E-state index contributed by atoms with van der Waals surface area (Å²) in [4.78, 5) is 16.1. The van der Waals surface area contributed by atoms with Gasteiger partial charge in [-0.3, -0.25) is 4.79 Å². The maximum atomic E-state index is 13.0. The lowest BCUT2D eigenvalue weighted by Crippen LogP contribution is -2.32. The molecule has 1 aliphatic rings. The lowest BCUT2D eigenvalue weighted by Gasteiger charge is -2.23. The Balaban J connectivity index is 1.99. The van der Waals surface area contributed by atoms with E-state index in [9.17, 15) is 4.79 Å². The topological polar surface area (TPSA) is 29.5 Å². The van der Waals surface area contributed by atoms with E-state index in [-0.39, 0.29) is 5.91 Å². The Morgan fingerprint density at radius 1 is 1.18 bits per heavy atom. The van der Waals surface area contributed by atoms with Crippen LogP contribution in [-0.2, 0) is 0 Å². The highest BCUT2D eigenvalue weighted by molar-refractivity contribution is 7.99. The molecule has 2 aromatic rings. The first-order valence-corrected chi connectivity index (χ1v) is 8.55. The number of amides is 1. The van der Waals surface area contributed by atoms with Gasteiger partial charge in [0.05, 0.1) is 17.9 Å². The van der Waals surface area contributed by atoms with Crippen LogP contribution >= 0.6 is 11.8 Å². The summed E-state index contributed by atoms with van der Waals surface area (Å²) in [6.45, 7) is 3.22. The smallest absolute Gasteiger partial charge is 0.262 e. The molecule has 0 aliphatic carbocycles. The van der Waals surface area contributed by atoms with E-state index in [1.807, 2.05) is 66.1 Å². The van der Waals surface area contributed by atoms with Gasteiger partial charge in [0.2, 0.25) is 0 Å². The normalized spacial score (nSPS) is 14.1. The molecule has 2 aromatic carbocycles. The summed E-state index contributed by atoms with van der Waals surface area (Å²) < 4.78 is 5.62. The maximum Gasteiger partial charge on any atom is 0.262 e. The number of anilines is 1. The summed E-state index contributed by atoms with van der Waals surface area (Å²) in [5, 5.41) is 0. The molecular weight excluding hydrogens is 294 g/mol. The minimum atomic E-state index is 0.0130. The molecular formula is C18H19NO2S. The molecule has 0 N–H and O–H groups in total. The molecule has 0 aromatic heterocycles. The monoisotopic (exact) mass is 313 g/mol. The standard InChI is InChI=1S/C18H19NO2S/c1-2-21-16-10-5-3-8-14(16)18(20)19-12-7-13-22-17-11-6-4-9-15(17)19/h3-6,8-11H,2,7,12-13H2,1H3. The van der Waals surface area contributed by atoms with Gasteiger partial charge in [0, 0.05) is 11.4 Å². The molecule has 0 fully saturated rings. The third kappa shape index (κ3) is 2.97. The first kappa shape index (κ1) is 15.0. The van der Waals surface area contributed by atoms with E-state index < -0.39 is 0 Å². The van der Waals surface area contributed by atoms with Crippen LogP contribution in [0.5, 0.6) is 5.75 Å². The van der Waals surface area contributed by atoms with E-state index in [1.165, 1.54) is 4.90 Å². The number of carbonyl (C=O) groups is 1. The van der Waals surface area contributed by atoms with E-state index in [0.717, 1.165) is 24.4 Å². The first-order chi connectivity index (χ1) is 10.8. The van der Waals surface area contributed by atoms with Crippen LogP contribution < -0.4 is 9.64 Å². The first-order valence-electron chi connectivity index (χ1n) is 7.56. The van der Waals surface area contributed by atoms with E-state index in [2.05, 4.69) is 6.07 Å². The highest BCUT2D eigenvalue weighted by Gasteiger charge is 2.24. The number of carbonyl (C=O) groups excluding carboxylic acids is 1. The van der Waals surface area contributed by atoms with Crippen molar-refractivity contribution in [3.8, 4) is 5.75 Å². The second-order valence-electron chi connectivity index (χ2n) is 5.06. The van der Waals surface area contributed by atoms with Gasteiger partial charge in [0.15, 0.2) is 0 Å². The van der Waals surface area contributed by atoms with Crippen LogP contribution in [0.4, 0.5) is 5.69 Å². The average Bonchev–Trinajstić information content (AvgIpc) is 2.77. The quantitative estimate of drug-likeness (QED) is 0.849. The van der Waals surface area contributed by atoms with Crippen molar-refractivity contribution in [2.45, 2.75) is 18.2 Å². The molecule has 22 heavy (non-hydrogen) atoms. The largest absolute Gasteiger partial charge is 0.493 e. The Kier molecular flexibility index (Phi) is 4.68. The third-order valence-corrected chi connectivity index (χ3v) is 4.75. The van der Waals surface area contributed by atoms with Crippen LogP contribution in [0.15, 0.2) is 53.4 Å². The van der Waals surface area contributed by atoms with E-state index in [1.54, 1.807) is 0 Å². The third-order valence-electron chi connectivity index (χ3n) is 3.60. The second-order valence-corrected chi connectivity index (χ2v) is 6.19. The van der Waals surface area contributed by atoms with Crippen LogP contribution in [0.25, 0.3) is 0 Å². The molecule has 0 bridgehead atoms. The number of rotatable bonds is 3. The Morgan fingerprint density at radius 3 is 2.82 bits per heavy atom. The van der Waals surface area contributed by atoms with Gasteiger partial charge >= 0.3 is 0 Å². The highest BCUT2D eigenvalue weighted by Crippen LogP contribution is 2.35. The van der Waals surface area contributed by atoms with E-state index >= 15 is 0 Å². The van der Waals surface area contributed by atoms with Crippen molar-refractivity contribution >= 4 is 23.4 Å². The number of fused-ring (bicyclic) bond motifs is 1. The van der Waals surface area contributed by atoms with E-state index in [4.69, 9.17) is 4.74 Å². The summed E-state index contributed by atoms with van der Waals surface area (Å²) in [6, 6.07) is 15.6. The summed E-state index contributed by atoms with van der Waals surface area (Å²) in [7, 11) is 0. The molecule has 0 saturated heterocycles. The zero-order valence-electron chi connectivity index (χ0n) is 12.6. The highest BCUT2D eigenvalue weighted by atomic mass is 32.2. The fraction of sp³-hybridized carbons (Fsp3) is 0.278. The van der Waals surface area contributed by atoms with Crippen molar-refractivity contribution < 1.29 is 9.53 Å². The number of hydrogen-bond donors (Lipinski definition) is 0. The molecule has 0 unspecified atom stereocenters. The fourth-order valence-electron chi connectivity index (χ4n) is 2.61. The molecule has 0 atom stereocenters. The van der Waals surface area contributed by atoms with Gasteiger partial charge in [0.1, 0.15) is 5.75 Å². The Bertz CT molecular complexity index is 672. The molecule has 1 aliphatic heterocycles. The van der Waals surface area contributed by atoms with Crippen LogP contribution in [0.2, 0.25) is 0 Å². The molecule has 3 rings (SSSR count). The zero-order valence-corrected chi connectivity index (χ0v) is 13.4. The minimum Gasteiger partial charge on any atom is -0.493 e. The van der Waals surface area contributed by atoms with Gasteiger partial charge < -0.3 is 9.64 Å². The Labute approximate surface area is 135 Å². The van der Waals surface area contributed by atoms with Gasteiger partial charge in [-0.25, -0.2) is 0 Å². The minimum absolute atomic E-state index is 0.0130.